The van der Waals surface area contributed by atoms with Crippen molar-refractivity contribution in [3.63, 3.8) is 0 Å². The number of nitrogens with two attached hydrogens (primary N) is 1. The molecule has 2 rings (SSSR count). The topological polar surface area (TPSA) is 70.1 Å². The first-order valence-electron chi connectivity index (χ1n) is 5.90. The van der Waals surface area contributed by atoms with Gasteiger partial charge in [0.2, 0.25) is 0 Å². The lowest BCUT2D eigenvalue weighted by molar-refractivity contribution is 0.416. The molecule has 100 valence electrons. The van der Waals surface area contributed by atoms with Crippen molar-refractivity contribution in [2.75, 3.05) is 5.73 Å². The van der Waals surface area contributed by atoms with E-state index in [1.54, 1.807) is 6.20 Å². The molecule has 0 bridgehead atoms. The van der Waals surface area contributed by atoms with Gasteiger partial charge >= 0.3 is 5.56 Å². The summed E-state index contributed by atoms with van der Waals surface area (Å²) in [4.78, 5) is 15.8. The molecular formula is C13H14FN3O2. The van der Waals surface area contributed by atoms with Crippen LogP contribution in [0.5, 0.6) is 11.6 Å². The number of ether oxygens (including phenoxy) is 1. The van der Waals surface area contributed by atoms with E-state index in [-0.39, 0.29) is 17.3 Å². The van der Waals surface area contributed by atoms with E-state index in [2.05, 4.69) is 4.98 Å². The van der Waals surface area contributed by atoms with Crippen molar-refractivity contribution in [3.8, 4) is 11.6 Å². The van der Waals surface area contributed by atoms with E-state index >= 15 is 0 Å². The zero-order chi connectivity index (χ0) is 13.8. The molecule has 0 aliphatic heterocycles. The molecule has 0 aliphatic rings. The standard InChI is InChI=1S/C13H14FN3O2/c1-2-7-17-8-6-16-12(13(17)18)19-11-9(14)4-3-5-10(11)15/h3-6,8H,2,7,15H2,1H3. The Morgan fingerprint density at radius 3 is 2.95 bits per heavy atom. The fraction of sp³-hybridized carbons (Fsp3) is 0.231. The van der Waals surface area contributed by atoms with E-state index in [1.165, 1.54) is 29.0 Å². The highest BCUT2D eigenvalue weighted by atomic mass is 19.1. The van der Waals surface area contributed by atoms with Crippen LogP contribution in [0.2, 0.25) is 0 Å². The fourth-order valence-corrected chi connectivity index (χ4v) is 1.64. The van der Waals surface area contributed by atoms with Gasteiger partial charge in [0.15, 0.2) is 11.6 Å². The smallest absolute Gasteiger partial charge is 0.313 e. The van der Waals surface area contributed by atoms with Crippen LogP contribution in [0.25, 0.3) is 0 Å². The van der Waals surface area contributed by atoms with Crippen molar-refractivity contribution in [1.29, 1.82) is 0 Å². The van der Waals surface area contributed by atoms with Gasteiger partial charge < -0.3 is 15.0 Å². The number of aromatic nitrogens is 2. The van der Waals surface area contributed by atoms with E-state index in [4.69, 9.17) is 10.5 Å². The summed E-state index contributed by atoms with van der Waals surface area (Å²) in [5.41, 5.74) is 5.32. The number of anilines is 1. The number of hydrogen-bond acceptors (Lipinski definition) is 4. The first kappa shape index (κ1) is 13.1. The molecule has 0 aliphatic carbocycles. The normalized spacial score (nSPS) is 10.4. The Balaban J connectivity index is 2.39. The van der Waals surface area contributed by atoms with Gasteiger partial charge in [-0.2, -0.15) is 0 Å². The number of aryl methyl sites for hydroxylation is 1. The van der Waals surface area contributed by atoms with Crippen molar-refractivity contribution in [2.45, 2.75) is 19.9 Å². The number of nitrogen functional groups attached to an aromatic ring is 1. The Hall–Kier alpha value is -2.37. The molecule has 6 heteroatoms. The molecule has 2 N–H and O–H groups in total. The van der Waals surface area contributed by atoms with E-state index in [9.17, 15) is 9.18 Å². The highest BCUT2D eigenvalue weighted by molar-refractivity contribution is 5.53. The summed E-state index contributed by atoms with van der Waals surface area (Å²) in [6.45, 7) is 2.49. The average molecular weight is 263 g/mol. The summed E-state index contributed by atoms with van der Waals surface area (Å²) in [5, 5.41) is 0. The van der Waals surface area contributed by atoms with E-state index in [0.29, 0.717) is 6.54 Å². The minimum Gasteiger partial charge on any atom is -0.429 e. The van der Waals surface area contributed by atoms with Crippen LogP contribution in [0.3, 0.4) is 0 Å². The van der Waals surface area contributed by atoms with E-state index < -0.39 is 11.4 Å². The van der Waals surface area contributed by atoms with Crippen LogP contribution in [0.1, 0.15) is 13.3 Å². The van der Waals surface area contributed by atoms with Gasteiger partial charge in [-0.1, -0.05) is 13.0 Å². The highest BCUT2D eigenvalue weighted by Gasteiger charge is 2.13. The van der Waals surface area contributed by atoms with Gasteiger partial charge in [-0.25, -0.2) is 9.37 Å². The van der Waals surface area contributed by atoms with Gasteiger partial charge in [0.05, 0.1) is 5.69 Å². The van der Waals surface area contributed by atoms with Crippen LogP contribution in [0.15, 0.2) is 35.4 Å². The number of hydrogen-bond donors (Lipinski definition) is 1. The molecule has 0 fully saturated rings. The average Bonchev–Trinajstić information content (AvgIpc) is 2.38. The fourth-order valence-electron chi connectivity index (χ4n) is 1.64. The lowest BCUT2D eigenvalue weighted by Gasteiger charge is -2.09. The van der Waals surface area contributed by atoms with Crippen LogP contribution >= 0.6 is 0 Å². The van der Waals surface area contributed by atoms with Crippen LogP contribution in [0.4, 0.5) is 10.1 Å². The molecule has 0 amide bonds. The molecule has 1 aromatic carbocycles. The summed E-state index contributed by atoms with van der Waals surface area (Å²) in [7, 11) is 0. The summed E-state index contributed by atoms with van der Waals surface area (Å²) < 4.78 is 20.2. The number of para-hydroxylation sites is 1. The van der Waals surface area contributed by atoms with Crippen molar-refractivity contribution in [1.82, 2.24) is 9.55 Å². The molecule has 1 heterocycles. The minimum atomic E-state index is -0.632. The molecule has 0 unspecified atom stereocenters. The maximum absolute atomic E-state index is 13.6. The molecule has 0 saturated heterocycles. The second-order valence-electron chi connectivity index (χ2n) is 3.99. The van der Waals surface area contributed by atoms with Crippen molar-refractivity contribution in [3.05, 3.63) is 46.8 Å². The van der Waals surface area contributed by atoms with Gasteiger partial charge in [-0.15, -0.1) is 0 Å². The maximum atomic E-state index is 13.6. The minimum absolute atomic E-state index is 0.118. The Morgan fingerprint density at radius 2 is 2.26 bits per heavy atom. The molecular weight excluding hydrogens is 249 g/mol. The summed E-state index contributed by atoms with van der Waals surface area (Å²) >= 11 is 0. The zero-order valence-corrected chi connectivity index (χ0v) is 10.5. The number of halogens is 1. The third-order valence-corrected chi connectivity index (χ3v) is 2.54. The van der Waals surface area contributed by atoms with E-state index in [0.717, 1.165) is 6.42 Å². The zero-order valence-electron chi connectivity index (χ0n) is 10.5. The predicted molar refractivity (Wildman–Crippen MR) is 69.7 cm³/mol. The second-order valence-corrected chi connectivity index (χ2v) is 3.99. The lowest BCUT2D eigenvalue weighted by atomic mass is 10.3. The van der Waals surface area contributed by atoms with Crippen molar-refractivity contribution < 1.29 is 9.13 Å². The molecule has 0 saturated carbocycles. The maximum Gasteiger partial charge on any atom is 0.313 e. The molecule has 0 spiro atoms. The van der Waals surface area contributed by atoms with Crippen LogP contribution in [-0.4, -0.2) is 9.55 Å². The van der Waals surface area contributed by atoms with Crippen molar-refractivity contribution in [2.24, 2.45) is 0 Å². The predicted octanol–water partition coefficient (Wildman–Crippen LogP) is 2.17. The summed E-state index contributed by atoms with van der Waals surface area (Å²) in [6, 6.07) is 4.16. The van der Waals surface area contributed by atoms with Gasteiger partial charge in [0, 0.05) is 18.9 Å². The third-order valence-electron chi connectivity index (χ3n) is 2.54. The first-order valence-corrected chi connectivity index (χ1v) is 5.90. The number of rotatable bonds is 4. The highest BCUT2D eigenvalue weighted by Crippen LogP contribution is 2.27. The monoisotopic (exact) mass is 263 g/mol. The molecule has 5 nitrogen and oxygen atoms in total. The van der Waals surface area contributed by atoms with E-state index in [1.807, 2.05) is 6.92 Å². The first-order chi connectivity index (χ1) is 9.13. The number of nitrogens with zero attached hydrogens (tertiary/aromatic N) is 2. The second kappa shape index (κ2) is 5.51. The molecule has 19 heavy (non-hydrogen) atoms. The molecule has 0 atom stereocenters. The third kappa shape index (κ3) is 2.73. The SMILES string of the molecule is CCCn1ccnc(Oc2c(N)cccc2F)c1=O. The molecule has 1 aromatic heterocycles. The Kier molecular flexibility index (Phi) is 3.79. The Morgan fingerprint density at radius 1 is 1.47 bits per heavy atom. The van der Waals surface area contributed by atoms with Gasteiger partial charge in [-0.05, 0) is 18.6 Å². The summed E-state index contributed by atoms with van der Waals surface area (Å²) in [6.07, 6.45) is 3.79. The van der Waals surface area contributed by atoms with Gasteiger partial charge in [0.1, 0.15) is 0 Å². The van der Waals surface area contributed by atoms with Gasteiger partial charge in [0.25, 0.3) is 5.88 Å². The Labute approximate surface area is 109 Å². The number of benzene rings is 1. The van der Waals surface area contributed by atoms with Gasteiger partial charge in [-0.3, -0.25) is 4.79 Å². The molecule has 2 aromatic rings. The lowest BCUT2D eigenvalue weighted by Crippen LogP contribution is -2.21. The van der Waals surface area contributed by atoms with Crippen molar-refractivity contribution >= 4 is 5.69 Å². The van der Waals surface area contributed by atoms with Crippen LogP contribution in [-0.2, 0) is 6.54 Å². The quantitative estimate of drug-likeness (QED) is 0.858. The van der Waals surface area contributed by atoms with Crippen LogP contribution < -0.4 is 16.0 Å². The largest absolute Gasteiger partial charge is 0.429 e. The molecule has 0 radical (unpaired) electrons. The van der Waals surface area contributed by atoms with Crippen LogP contribution in [0, 0.1) is 5.82 Å². The Bertz CT molecular complexity index is 620. The summed E-state index contributed by atoms with van der Waals surface area (Å²) in [5.74, 6) is -0.999.